The molecule has 2 aromatic rings. The number of nitrogens with one attached hydrogen (secondary N) is 1. The third-order valence-electron chi connectivity index (χ3n) is 3.60. The number of carbonyl (C=O) groups is 1. The van der Waals surface area contributed by atoms with Gasteiger partial charge in [0, 0.05) is 26.2 Å². The van der Waals surface area contributed by atoms with E-state index in [0.717, 1.165) is 12.1 Å². The molecule has 10 heteroatoms. The van der Waals surface area contributed by atoms with E-state index in [9.17, 15) is 22.4 Å². The van der Waals surface area contributed by atoms with Gasteiger partial charge in [0.2, 0.25) is 0 Å². The van der Waals surface area contributed by atoms with Gasteiger partial charge in [0.05, 0.1) is 5.69 Å². The van der Waals surface area contributed by atoms with E-state index in [0.29, 0.717) is 17.8 Å². The molecule has 6 nitrogen and oxygen atoms in total. The van der Waals surface area contributed by atoms with Crippen molar-refractivity contribution in [2.45, 2.75) is 6.18 Å². The molecule has 1 aromatic heterocycles. The predicted molar refractivity (Wildman–Crippen MR) is 75.1 cm³/mol. The number of rotatable bonds is 2. The van der Waals surface area contributed by atoms with Crippen LogP contribution in [0, 0.1) is 5.82 Å². The highest BCUT2D eigenvalue weighted by Crippen LogP contribution is 2.33. The second-order valence-electron chi connectivity index (χ2n) is 5.22. The molecule has 24 heavy (non-hydrogen) atoms. The molecule has 1 saturated heterocycles. The van der Waals surface area contributed by atoms with Gasteiger partial charge >= 0.3 is 6.18 Å². The van der Waals surface area contributed by atoms with E-state index in [-0.39, 0.29) is 18.8 Å². The zero-order valence-electron chi connectivity index (χ0n) is 12.3. The van der Waals surface area contributed by atoms with Crippen LogP contribution in [-0.2, 0) is 6.18 Å². The molecular formula is C14H13F4N5O. The van der Waals surface area contributed by atoms with Crippen molar-refractivity contribution < 1.29 is 22.4 Å². The minimum Gasteiger partial charge on any atom is -0.335 e. The van der Waals surface area contributed by atoms with Crippen molar-refractivity contribution in [3.8, 4) is 5.69 Å². The van der Waals surface area contributed by atoms with Crippen LogP contribution in [0.4, 0.5) is 17.6 Å². The molecule has 0 aliphatic carbocycles. The number of halogens is 4. The highest BCUT2D eigenvalue weighted by molar-refractivity contribution is 5.93. The first-order valence-electron chi connectivity index (χ1n) is 7.17. The van der Waals surface area contributed by atoms with E-state index in [4.69, 9.17) is 0 Å². The predicted octanol–water partition coefficient (Wildman–Crippen LogP) is 1.47. The Kier molecular flexibility index (Phi) is 4.22. The Morgan fingerprint density at radius 3 is 2.54 bits per heavy atom. The van der Waals surface area contributed by atoms with Crippen LogP contribution in [0.25, 0.3) is 5.69 Å². The second-order valence-corrected chi connectivity index (χ2v) is 5.22. The van der Waals surface area contributed by atoms with Gasteiger partial charge in [-0.1, -0.05) is 11.3 Å². The maximum absolute atomic E-state index is 13.5. The quantitative estimate of drug-likeness (QED) is 0.839. The molecule has 0 atom stereocenters. The summed E-state index contributed by atoms with van der Waals surface area (Å²) >= 11 is 0. The Labute approximate surface area is 134 Å². The minimum absolute atomic E-state index is 0.158. The normalized spacial score (nSPS) is 15.6. The van der Waals surface area contributed by atoms with Gasteiger partial charge in [-0.15, -0.1) is 5.10 Å². The standard InChI is InChI=1S/C14H13F4N5O/c15-9-2-1-3-10(8-9)23-12(14(16,17)18)11(20-21-23)13(24)22-6-4-19-5-7-22/h1-3,8,19H,4-7H2. The lowest BCUT2D eigenvalue weighted by molar-refractivity contribution is -0.143. The Morgan fingerprint density at radius 1 is 1.21 bits per heavy atom. The summed E-state index contributed by atoms with van der Waals surface area (Å²) in [5, 5.41) is 9.85. The first-order valence-corrected chi connectivity index (χ1v) is 7.17. The van der Waals surface area contributed by atoms with E-state index in [1.54, 1.807) is 0 Å². The zero-order valence-corrected chi connectivity index (χ0v) is 12.3. The molecule has 0 radical (unpaired) electrons. The number of hydrogen-bond donors (Lipinski definition) is 1. The molecule has 1 N–H and O–H groups in total. The third-order valence-corrected chi connectivity index (χ3v) is 3.60. The van der Waals surface area contributed by atoms with Crippen LogP contribution < -0.4 is 5.32 Å². The lowest BCUT2D eigenvalue weighted by Crippen LogP contribution is -2.47. The average Bonchev–Trinajstić information content (AvgIpc) is 3.00. The van der Waals surface area contributed by atoms with Crippen molar-refractivity contribution in [2.24, 2.45) is 0 Å². The van der Waals surface area contributed by atoms with Crippen molar-refractivity contribution in [3.05, 3.63) is 41.5 Å². The van der Waals surface area contributed by atoms with Gasteiger partial charge in [-0.05, 0) is 18.2 Å². The maximum atomic E-state index is 13.5. The Balaban J connectivity index is 2.06. The van der Waals surface area contributed by atoms with Gasteiger partial charge < -0.3 is 10.2 Å². The number of carbonyl (C=O) groups excluding carboxylic acids is 1. The smallest absolute Gasteiger partial charge is 0.335 e. The van der Waals surface area contributed by atoms with E-state index in [2.05, 4.69) is 15.6 Å². The summed E-state index contributed by atoms with van der Waals surface area (Å²) in [5.41, 5.74) is -2.25. The zero-order chi connectivity index (χ0) is 17.3. The van der Waals surface area contributed by atoms with Gasteiger partial charge in [0.25, 0.3) is 5.91 Å². The molecule has 128 valence electrons. The summed E-state index contributed by atoms with van der Waals surface area (Å²) in [7, 11) is 0. The number of piperazine rings is 1. The summed E-state index contributed by atoms with van der Waals surface area (Å²) in [6, 6.07) is 4.50. The molecule has 1 fully saturated rings. The van der Waals surface area contributed by atoms with Crippen molar-refractivity contribution in [2.75, 3.05) is 26.2 Å². The van der Waals surface area contributed by atoms with Crippen LogP contribution in [0.5, 0.6) is 0 Å². The Bertz CT molecular complexity index is 752. The van der Waals surface area contributed by atoms with E-state index >= 15 is 0 Å². The fraction of sp³-hybridized carbons (Fsp3) is 0.357. The molecular weight excluding hydrogens is 330 g/mol. The van der Waals surface area contributed by atoms with Crippen molar-refractivity contribution in [3.63, 3.8) is 0 Å². The SMILES string of the molecule is O=C(c1nnn(-c2cccc(F)c2)c1C(F)(F)F)N1CCNCC1. The summed E-state index contributed by atoms with van der Waals surface area (Å²) in [6.07, 6.45) is -4.87. The first kappa shape index (κ1) is 16.4. The molecule has 0 spiro atoms. The molecule has 0 saturated carbocycles. The van der Waals surface area contributed by atoms with E-state index < -0.39 is 29.3 Å². The van der Waals surface area contributed by atoms with Crippen LogP contribution in [-0.4, -0.2) is 52.0 Å². The Morgan fingerprint density at radius 2 is 1.92 bits per heavy atom. The monoisotopic (exact) mass is 343 g/mol. The first-order chi connectivity index (χ1) is 11.4. The van der Waals surface area contributed by atoms with Crippen LogP contribution >= 0.6 is 0 Å². The van der Waals surface area contributed by atoms with Crippen LogP contribution in [0.1, 0.15) is 16.2 Å². The summed E-state index contributed by atoms with van der Waals surface area (Å²) in [5.74, 6) is -1.56. The minimum atomic E-state index is -4.87. The van der Waals surface area contributed by atoms with Gasteiger partial charge in [-0.2, -0.15) is 13.2 Å². The summed E-state index contributed by atoms with van der Waals surface area (Å²) in [4.78, 5) is 13.7. The fourth-order valence-electron chi connectivity index (χ4n) is 2.49. The topological polar surface area (TPSA) is 63.1 Å². The number of amides is 1. The largest absolute Gasteiger partial charge is 0.435 e. The van der Waals surface area contributed by atoms with Crippen molar-refractivity contribution in [1.82, 2.24) is 25.2 Å². The Hall–Kier alpha value is -2.49. The van der Waals surface area contributed by atoms with E-state index in [1.165, 1.54) is 17.0 Å². The molecule has 1 aliphatic heterocycles. The molecule has 0 bridgehead atoms. The molecule has 1 aromatic carbocycles. The van der Waals surface area contributed by atoms with Gasteiger partial charge in [0.1, 0.15) is 5.82 Å². The van der Waals surface area contributed by atoms with Gasteiger partial charge in [-0.3, -0.25) is 4.79 Å². The maximum Gasteiger partial charge on any atom is 0.435 e. The van der Waals surface area contributed by atoms with Gasteiger partial charge in [-0.25, -0.2) is 9.07 Å². The number of aromatic nitrogens is 3. The highest BCUT2D eigenvalue weighted by Gasteiger charge is 2.43. The van der Waals surface area contributed by atoms with E-state index in [1.807, 2.05) is 0 Å². The lowest BCUT2D eigenvalue weighted by Gasteiger charge is -2.27. The summed E-state index contributed by atoms with van der Waals surface area (Å²) < 4.78 is 54.2. The number of hydrogen-bond acceptors (Lipinski definition) is 4. The summed E-state index contributed by atoms with van der Waals surface area (Å²) in [6.45, 7) is 1.54. The van der Waals surface area contributed by atoms with Crippen LogP contribution in [0.2, 0.25) is 0 Å². The van der Waals surface area contributed by atoms with Crippen LogP contribution in [0.15, 0.2) is 24.3 Å². The molecule has 1 aliphatic rings. The highest BCUT2D eigenvalue weighted by atomic mass is 19.4. The van der Waals surface area contributed by atoms with Crippen molar-refractivity contribution >= 4 is 5.91 Å². The molecule has 3 rings (SSSR count). The number of alkyl halides is 3. The molecule has 0 unspecified atom stereocenters. The number of benzene rings is 1. The third kappa shape index (κ3) is 3.09. The second kappa shape index (κ2) is 6.19. The average molecular weight is 343 g/mol. The van der Waals surface area contributed by atoms with Crippen LogP contribution in [0.3, 0.4) is 0 Å². The lowest BCUT2D eigenvalue weighted by atomic mass is 10.2. The molecule has 2 heterocycles. The molecule has 1 amide bonds. The van der Waals surface area contributed by atoms with Crippen molar-refractivity contribution in [1.29, 1.82) is 0 Å². The fourth-order valence-corrected chi connectivity index (χ4v) is 2.49. The number of nitrogens with zero attached hydrogens (tertiary/aromatic N) is 4. The van der Waals surface area contributed by atoms with Gasteiger partial charge in [0.15, 0.2) is 11.4 Å².